The van der Waals surface area contributed by atoms with Crippen molar-refractivity contribution in [3.05, 3.63) is 22.7 Å². The molecule has 0 spiro atoms. The highest BCUT2D eigenvalue weighted by molar-refractivity contribution is 7.89. The van der Waals surface area contributed by atoms with Gasteiger partial charge in [0.15, 0.2) is 0 Å². The lowest BCUT2D eigenvalue weighted by Gasteiger charge is -2.16. The predicted molar refractivity (Wildman–Crippen MR) is 65.3 cm³/mol. The van der Waals surface area contributed by atoms with Crippen molar-refractivity contribution in [2.75, 3.05) is 11.4 Å². The van der Waals surface area contributed by atoms with Crippen molar-refractivity contribution in [2.45, 2.75) is 18.2 Å². The summed E-state index contributed by atoms with van der Waals surface area (Å²) in [5, 5.41) is 8.63. The Kier molecular flexibility index (Phi) is 3.33. The summed E-state index contributed by atoms with van der Waals surface area (Å²) in [4.78, 5) is 13.8. The van der Waals surface area contributed by atoms with Gasteiger partial charge in [-0.15, -0.1) is 0 Å². The summed E-state index contributed by atoms with van der Waals surface area (Å²) < 4.78 is 23.1. The van der Waals surface area contributed by atoms with Gasteiger partial charge in [-0.05, 0) is 24.1 Å². The minimum Gasteiger partial charge on any atom is -0.312 e. The summed E-state index contributed by atoms with van der Waals surface area (Å²) in [5.74, 6) is -0.170. The first-order chi connectivity index (χ1) is 8.36. The van der Waals surface area contributed by atoms with E-state index in [2.05, 4.69) is 0 Å². The third kappa shape index (κ3) is 2.10. The number of amides is 1. The molecule has 0 saturated carbocycles. The lowest BCUT2D eigenvalue weighted by Crippen LogP contribution is -2.26. The molecule has 0 atom stereocenters. The van der Waals surface area contributed by atoms with Crippen molar-refractivity contribution < 1.29 is 18.4 Å². The molecule has 2 N–H and O–H groups in total. The summed E-state index contributed by atoms with van der Waals surface area (Å²) in [7, 11) is -4.06. The number of hydrogen-bond donors (Lipinski definition) is 2. The molecule has 0 bridgehead atoms. The Labute approximate surface area is 109 Å². The van der Waals surface area contributed by atoms with Crippen LogP contribution in [0.5, 0.6) is 0 Å². The van der Waals surface area contributed by atoms with Crippen LogP contribution in [0.3, 0.4) is 0 Å². The molecule has 1 amide bonds. The zero-order valence-electron chi connectivity index (χ0n) is 9.47. The fourth-order valence-corrected chi connectivity index (χ4v) is 3.14. The number of sulfonamides is 1. The Balaban J connectivity index is 2.61. The topological polar surface area (TPSA) is 86.7 Å². The largest absolute Gasteiger partial charge is 0.312 e. The number of carbonyl (C=O) groups is 1. The molecule has 0 radical (unpaired) electrons. The third-order valence-corrected chi connectivity index (χ3v) is 4.40. The molecule has 0 unspecified atom stereocenters. The van der Waals surface area contributed by atoms with E-state index in [9.17, 15) is 13.2 Å². The van der Waals surface area contributed by atoms with Crippen molar-refractivity contribution >= 4 is 33.2 Å². The van der Waals surface area contributed by atoms with Crippen LogP contribution in [-0.4, -0.2) is 26.1 Å². The van der Waals surface area contributed by atoms with E-state index in [1.807, 2.05) is 0 Å². The normalized spacial score (nSPS) is 14.7. The number of benzene rings is 1. The van der Waals surface area contributed by atoms with Crippen LogP contribution in [0.25, 0.3) is 0 Å². The third-order valence-electron chi connectivity index (χ3n) is 2.82. The maximum atomic E-state index is 11.5. The SMILES string of the molecule is CC(=O)N1CCc2cc(Cl)c(S(=O)(=O)NO)cc21. The van der Waals surface area contributed by atoms with Crippen LogP contribution in [0.1, 0.15) is 12.5 Å². The second-order valence-electron chi connectivity index (χ2n) is 3.93. The second-order valence-corrected chi connectivity index (χ2v) is 5.96. The minimum absolute atomic E-state index is 0.0145. The molecule has 1 heterocycles. The molecule has 1 aliphatic rings. The standard InChI is InChI=1S/C10H11ClN2O4S/c1-6(14)13-3-2-7-4-8(11)10(5-9(7)13)18(16,17)12-15/h4-5,12,15H,2-3H2,1H3. The molecule has 1 aromatic rings. The second kappa shape index (κ2) is 4.51. The molecular formula is C10H11ClN2O4S. The Morgan fingerprint density at radius 3 is 2.72 bits per heavy atom. The molecule has 1 aromatic carbocycles. The van der Waals surface area contributed by atoms with Gasteiger partial charge in [-0.2, -0.15) is 0 Å². The molecular weight excluding hydrogens is 280 g/mol. The molecule has 0 saturated heterocycles. The van der Waals surface area contributed by atoms with Gasteiger partial charge in [0, 0.05) is 19.2 Å². The summed E-state index contributed by atoms with van der Waals surface area (Å²) in [5.41, 5.74) is 1.33. The van der Waals surface area contributed by atoms with Crippen LogP contribution in [0.15, 0.2) is 17.0 Å². The fraction of sp³-hybridized carbons (Fsp3) is 0.300. The number of nitrogens with one attached hydrogen (secondary N) is 1. The Bertz CT molecular complexity index is 615. The molecule has 98 valence electrons. The summed E-state index contributed by atoms with van der Waals surface area (Å²) in [6, 6.07) is 2.80. The van der Waals surface area contributed by atoms with Gasteiger partial charge in [-0.3, -0.25) is 4.79 Å². The number of anilines is 1. The van der Waals surface area contributed by atoms with Crippen LogP contribution >= 0.6 is 11.6 Å². The van der Waals surface area contributed by atoms with Crippen LogP contribution in [0.4, 0.5) is 5.69 Å². The van der Waals surface area contributed by atoms with E-state index in [4.69, 9.17) is 16.8 Å². The first-order valence-corrected chi connectivity index (χ1v) is 6.99. The summed E-state index contributed by atoms with van der Waals surface area (Å²) >= 11 is 5.86. The van der Waals surface area contributed by atoms with Gasteiger partial charge < -0.3 is 10.1 Å². The van der Waals surface area contributed by atoms with Crippen LogP contribution in [0, 0.1) is 0 Å². The number of hydrogen-bond acceptors (Lipinski definition) is 4. The van der Waals surface area contributed by atoms with Gasteiger partial charge in [-0.25, -0.2) is 8.42 Å². The van der Waals surface area contributed by atoms with Gasteiger partial charge in [-0.1, -0.05) is 16.5 Å². The molecule has 6 nitrogen and oxygen atoms in total. The highest BCUT2D eigenvalue weighted by Gasteiger charge is 2.27. The number of carbonyl (C=O) groups excluding carboxylic acids is 1. The van der Waals surface area contributed by atoms with Crippen molar-refractivity contribution in [3.63, 3.8) is 0 Å². The first-order valence-electron chi connectivity index (χ1n) is 5.13. The van der Waals surface area contributed by atoms with Gasteiger partial charge in [0.25, 0.3) is 10.0 Å². The zero-order valence-corrected chi connectivity index (χ0v) is 11.0. The Morgan fingerprint density at radius 1 is 1.50 bits per heavy atom. The molecule has 1 aliphatic heterocycles. The number of nitrogens with zero attached hydrogens (tertiary/aromatic N) is 1. The van der Waals surface area contributed by atoms with E-state index in [0.717, 1.165) is 5.56 Å². The van der Waals surface area contributed by atoms with E-state index < -0.39 is 10.0 Å². The van der Waals surface area contributed by atoms with Crippen molar-refractivity contribution in [1.29, 1.82) is 0 Å². The molecule has 2 rings (SSSR count). The molecule has 18 heavy (non-hydrogen) atoms. The summed E-state index contributed by atoms with van der Waals surface area (Å²) in [6.45, 7) is 1.90. The zero-order chi connectivity index (χ0) is 13.5. The maximum absolute atomic E-state index is 11.5. The Morgan fingerprint density at radius 2 is 2.17 bits per heavy atom. The monoisotopic (exact) mass is 290 g/mol. The number of fused-ring (bicyclic) bond motifs is 1. The highest BCUT2D eigenvalue weighted by Crippen LogP contribution is 2.35. The van der Waals surface area contributed by atoms with Crippen LogP contribution < -0.4 is 9.79 Å². The van der Waals surface area contributed by atoms with Crippen molar-refractivity contribution in [1.82, 2.24) is 4.89 Å². The number of rotatable bonds is 2. The fourth-order valence-electron chi connectivity index (χ4n) is 1.97. The van der Waals surface area contributed by atoms with Gasteiger partial charge in [0.1, 0.15) is 4.90 Å². The van der Waals surface area contributed by atoms with Crippen molar-refractivity contribution in [3.8, 4) is 0 Å². The smallest absolute Gasteiger partial charge is 0.263 e. The minimum atomic E-state index is -4.06. The van der Waals surface area contributed by atoms with Gasteiger partial charge in [0.05, 0.1) is 5.02 Å². The van der Waals surface area contributed by atoms with E-state index >= 15 is 0 Å². The lowest BCUT2D eigenvalue weighted by molar-refractivity contribution is -0.116. The molecule has 0 aromatic heterocycles. The van der Waals surface area contributed by atoms with E-state index in [0.29, 0.717) is 18.7 Å². The predicted octanol–water partition coefficient (Wildman–Crippen LogP) is 0.917. The lowest BCUT2D eigenvalue weighted by atomic mass is 10.2. The van der Waals surface area contributed by atoms with Crippen LogP contribution in [0.2, 0.25) is 5.02 Å². The number of halogens is 1. The van der Waals surface area contributed by atoms with Crippen LogP contribution in [-0.2, 0) is 21.2 Å². The maximum Gasteiger partial charge on any atom is 0.263 e. The quantitative estimate of drug-likeness (QED) is 0.793. The average Bonchev–Trinajstić information content (AvgIpc) is 2.70. The van der Waals surface area contributed by atoms with Gasteiger partial charge >= 0.3 is 0 Å². The average molecular weight is 291 g/mol. The molecule has 8 heteroatoms. The van der Waals surface area contributed by atoms with E-state index in [-0.39, 0.29) is 15.8 Å². The van der Waals surface area contributed by atoms with Crippen molar-refractivity contribution in [2.24, 2.45) is 0 Å². The summed E-state index contributed by atoms with van der Waals surface area (Å²) in [6.07, 6.45) is 0.627. The van der Waals surface area contributed by atoms with Gasteiger partial charge in [0.2, 0.25) is 5.91 Å². The molecule has 0 aliphatic carbocycles. The highest BCUT2D eigenvalue weighted by atomic mass is 35.5. The van der Waals surface area contributed by atoms with E-state index in [1.165, 1.54) is 28.8 Å². The van der Waals surface area contributed by atoms with E-state index in [1.54, 1.807) is 0 Å². The Hall–Kier alpha value is -1.15. The first kappa shape index (κ1) is 13.3. The molecule has 0 fully saturated rings.